The Balaban J connectivity index is 1.79. The van der Waals surface area contributed by atoms with Gasteiger partial charge in [0.1, 0.15) is 6.61 Å². The van der Waals surface area contributed by atoms with Gasteiger partial charge in [-0.05, 0) is 17.7 Å². The number of alkyl carbamates (subject to hydrolysis) is 1. The molecule has 0 aliphatic rings. The maximum Gasteiger partial charge on any atom is 0.407 e. The molecular weight excluding hydrogens is 320 g/mol. The topological polar surface area (TPSA) is 102 Å². The van der Waals surface area contributed by atoms with Crippen molar-refractivity contribution in [1.82, 2.24) is 5.32 Å². The van der Waals surface area contributed by atoms with Crippen LogP contribution < -0.4 is 11.1 Å². The number of hydrogen-bond acceptors (Lipinski definition) is 4. The van der Waals surface area contributed by atoms with Crippen LogP contribution in [0.15, 0.2) is 48.5 Å². The summed E-state index contributed by atoms with van der Waals surface area (Å²) in [5.74, 6) is 4.47. The van der Waals surface area contributed by atoms with Gasteiger partial charge in [-0.3, -0.25) is 0 Å². The standard InChI is InChI=1S/C19H18N2O4/c20-17-11-6-10-16(18(22)23)15(17)9-4-5-12-21-19(24)25-13-14-7-2-1-3-8-14/h1-3,6-8,10-11H,5,12-13,20H2,(H,21,24)(H,22,23). The van der Waals surface area contributed by atoms with Crippen LogP contribution in [0.2, 0.25) is 0 Å². The van der Waals surface area contributed by atoms with Crippen molar-refractivity contribution >= 4 is 17.7 Å². The number of amides is 1. The Morgan fingerprint density at radius 3 is 2.60 bits per heavy atom. The van der Waals surface area contributed by atoms with Gasteiger partial charge < -0.3 is 20.9 Å². The number of nitrogens with two attached hydrogens (primary N) is 1. The van der Waals surface area contributed by atoms with Crippen molar-refractivity contribution in [3.63, 3.8) is 0 Å². The zero-order chi connectivity index (χ0) is 18.1. The van der Waals surface area contributed by atoms with E-state index >= 15 is 0 Å². The van der Waals surface area contributed by atoms with Gasteiger partial charge >= 0.3 is 12.1 Å². The smallest absolute Gasteiger partial charge is 0.407 e. The van der Waals surface area contributed by atoms with Crippen LogP contribution in [0.4, 0.5) is 10.5 Å². The normalized spacial score (nSPS) is 9.60. The molecule has 2 rings (SSSR count). The van der Waals surface area contributed by atoms with Gasteiger partial charge in [-0.15, -0.1) is 0 Å². The second kappa shape index (κ2) is 8.99. The van der Waals surface area contributed by atoms with E-state index in [1.807, 2.05) is 30.3 Å². The van der Waals surface area contributed by atoms with Crippen LogP contribution in [-0.4, -0.2) is 23.7 Å². The van der Waals surface area contributed by atoms with Gasteiger partial charge in [0, 0.05) is 18.7 Å². The molecule has 0 unspecified atom stereocenters. The minimum Gasteiger partial charge on any atom is -0.478 e. The lowest BCUT2D eigenvalue weighted by atomic mass is 10.1. The summed E-state index contributed by atoms with van der Waals surface area (Å²) in [6.45, 7) is 0.483. The van der Waals surface area contributed by atoms with E-state index in [1.165, 1.54) is 6.07 Å². The molecule has 0 bridgehead atoms. The first-order chi connectivity index (χ1) is 12.1. The van der Waals surface area contributed by atoms with Crippen molar-refractivity contribution in [2.24, 2.45) is 0 Å². The Labute approximate surface area is 145 Å². The largest absolute Gasteiger partial charge is 0.478 e. The number of aromatic carboxylic acids is 1. The van der Waals surface area contributed by atoms with E-state index in [0.717, 1.165) is 5.56 Å². The molecule has 0 fully saturated rings. The van der Waals surface area contributed by atoms with Crippen LogP contribution in [0.3, 0.4) is 0 Å². The lowest BCUT2D eigenvalue weighted by Crippen LogP contribution is -2.24. The second-order valence-corrected chi connectivity index (χ2v) is 5.12. The Morgan fingerprint density at radius 1 is 1.12 bits per heavy atom. The van der Waals surface area contributed by atoms with Crippen molar-refractivity contribution in [2.75, 3.05) is 12.3 Å². The summed E-state index contributed by atoms with van der Waals surface area (Å²) in [5.41, 5.74) is 7.31. The van der Waals surface area contributed by atoms with E-state index in [-0.39, 0.29) is 24.3 Å². The van der Waals surface area contributed by atoms with Gasteiger partial charge in [-0.1, -0.05) is 48.2 Å². The first-order valence-electron chi connectivity index (χ1n) is 7.63. The Bertz CT molecular complexity index is 807. The highest BCUT2D eigenvalue weighted by Crippen LogP contribution is 2.15. The summed E-state index contributed by atoms with van der Waals surface area (Å²) in [6.07, 6.45) is -0.190. The van der Waals surface area contributed by atoms with Crippen LogP contribution in [0.1, 0.15) is 27.9 Å². The molecule has 0 saturated carbocycles. The molecule has 2 aromatic carbocycles. The molecule has 0 saturated heterocycles. The summed E-state index contributed by atoms with van der Waals surface area (Å²) in [5, 5.41) is 11.7. The Morgan fingerprint density at radius 2 is 1.88 bits per heavy atom. The summed E-state index contributed by atoms with van der Waals surface area (Å²) < 4.78 is 5.07. The van der Waals surface area contributed by atoms with Gasteiger partial charge in [-0.25, -0.2) is 9.59 Å². The second-order valence-electron chi connectivity index (χ2n) is 5.12. The van der Waals surface area contributed by atoms with Crippen LogP contribution in [0.25, 0.3) is 0 Å². The fraction of sp³-hybridized carbons (Fsp3) is 0.158. The molecule has 25 heavy (non-hydrogen) atoms. The first-order valence-corrected chi connectivity index (χ1v) is 7.63. The molecule has 2 aromatic rings. The molecule has 0 radical (unpaired) electrons. The molecule has 0 atom stereocenters. The molecule has 128 valence electrons. The van der Waals surface area contributed by atoms with Crippen LogP contribution >= 0.6 is 0 Å². The summed E-state index contributed by atoms with van der Waals surface area (Å²) in [7, 11) is 0. The van der Waals surface area contributed by atoms with Crippen molar-refractivity contribution in [2.45, 2.75) is 13.0 Å². The third kappa shape index (κ3) is 5.59. The molecule has 6 heteroatoms. The summed E-state index contributed by atoms with van der Waals surface area (Å²) >= 11 is 0. The van der Waals surface area contributed by atoms with Gasteiger partial charge in [0.05, 0.1) is 11.1 Å². The van der Waals surface area contributed by atoms with E-state index in [4.69, 9.17) is 15.6 Å². The molecule has 0 spiro atoms. The number of carboxylic acid groups (broad SMARTS) is 1. The number of hydrogen-bond donors (Lipinski definition) is 3. The molecular formula is C19H18N2O4. The predicted molar refractivity (Wildman–Crippen MR) is 93.9 cm³/mol. The maximum atomic E-state index is 11.6. The number of benzene rings is 2. The quantitative estimate of drug-likeness (QED) is 0.442. The van der Waals surface area contributed by atoms with Gasteiger partial charge in [0.25, 0.3) is 0 Å². The van der Waals surface area contributed by atoms with Crippen molar-refractivity contribution in [3.05, 3.63) is 65.2 Å². The number of nitrogen functional groups attached to an aromatic ring is 1. The highest BCUT2D eigenvalue weighted by Gasteiger charge is 2.10. The van der Waals surface area contributed by atoms with Crippen LogP contribution in [0.5, 0.6) is 0 Å². The van der Waals surface area contributed by atoms with Gasteiger partial charge in [-0.2, -0.15) is 0 Å². The molecule has 4 N–H and O–H groups in total. The Kier molecular flexibility index (Phi) is 6.43. The van der Waals surface area contributed by atoms with Gasteiger partial charge in [0.2, 0.25) is 0 Å². The summed E-state index contributed by atoms with van der Waals surface area (Å²) in [6, 6.07) is 14.0. The fourth-order valence-electron chi connectivity index (χ4n) is 2.04. The van der Waals surface area contributed by atoms with E-state index in [2.05, 4.69) is 17.2 Å². The average molecular weight is 338 g/mol. The molecule has 6 nitrogen and oxygen atoms in total. The van der Waals surface area contributed by atoms with Crippen molar-refractivity contribution in [3.8, 4) is 11.8 Å². The zero-order valence-corrected chi connectivity index (χ0v) is 13.5. The SMILES string of the molecule is Nc1cccc(C(=O)O)c1C#CCCNC(=O)OCc1ccccc1. The maximum absolute atomic E-state index is 11.6. The third-order valence-corrected chi connectivity index (χ3v) is 3.27. The highest BCUT2D eigenvalue weighted by molar-refractivity contribution is 5.92. The molecule has 0 aliphatic heterocycles. The average Bonchev–Trinajstić information content (AvgIpc) is 2.61. The number of anilines is 1. The van der Waals surface area contributed by atoms with E-state index in [1.54, 1.807) is 12.1 Å². The number of carboxylic acids is 1. The number of ether oxygens (including phenoxy) is 1. The molecule has 0 aromatic heterocycles. The predicted octanol–water partition coefficient (Wildman–Crippen LogP) is 2.64. The number of nitrogens with one attached hydrogen (secondary N) is 1. The van der Waals surface area contributed by atoms with Crippen molar-refractivity contribution < 1.29 is 19.4 Å². The lowest BCUT2D eigenvalue weighted by Gasteiger charge is -2.05. The molecule has 1 amide bonds. The number of carbonyl (C=O) groups is 2. The van der Waals surface area contributed by atoms with Crippen molar-refractivity contribution in [1.29, 1.82) is 0 Å². The number of rotatable bonds is 5. The Hall–Kier alpha value is -3.46. The lowest BCUT2D eigenvalue weighted by molar-refractivity contribution is 0.0696. The van der Waals surface area contributed by atoms with E-state index in [0.29, 0.717) is 12.1 Å². The minimum absolute atomic E-state index is 0.0581. The first kappa shape index (κ1) is 17.9. The number of carbonyl (C=O) groups excluding carboxylic acids is 1. The van der Waals surface area contributed by atoms with Crippen LogP contribution in [0, 0.1) is 11.8 Å². The van der Waals surface area contributed by atoms with E-state index in [9.17, 15) is 9.59 Å². The van der Waals surface area contributed by atoms with E-state index < -0.39 is 12.1 Å². The van der Waals surface area contributed by atoms with Crippen LogP contribution in [-0.2, 0) is 11.3 Å². The fourth-order valence-corrected chi connectivity index (χ4v) is 2.04. The minimum atomic E-state index is -1.08. The third-order valence-electron chi connectivity index (χ3n) is 3.27. The molecule has 0 heterocycles. The zero-order valence-electron chi connectivity index (χ0n) is 13.5. The highest BCUT2D eigenvalue weighted by atomic mass is 16.5. The monoisotopic (exact) mass is 338 g/mol. The summed E-state index contributed by atoms with van der Waals surface area (Å²) in [4.78, 5) is 22.7. The van der Waals surface area contributed by atoms with Gasteiger partial charge in [0.15, 0.2) is 0 Å². The molecule has 0 aliphatic carbocycles.